The molecule has 20 heavy (non-hydrogen) atoms. The molecule has 0 radical (unpaired) electrons. The average molecular weight is 285 g/mol. The zero-order valence-electron chi connectivity index (χ0n) is 11.0. The molecule has 1 aromatic heterocycles. The van der Waals surface area contributed by atoms with Gasteiger partial charge in [0, 0.05) is 12.1 Å². The molecule has 1 aliphatic rings. The van der Waals surface area contributed by atoms with E-state index in [1.165, 1.54) is 11.3 Å². The van der Waals surface area contributed by atoms with Crippen LogP contribution in [0.25, 0.3) is 0 Å². The number of Topliss-reactive ketones (excluding diaryl/α,β-unsaturated/α-hetero) is 1. The van der Waals surface area contributed by atoms with Gasteiger partial charge in [-0.3, -0.25) is 9.59 Å². The summed E-state index contributed by atoms with van der Waals surface area (Å²) in [4.78, 5) is 26.9. The molecule has 0 saturated heterocycles. The van der Waals surface area contributed by atoms with Crippen molar-refractivity contribution in [3.8, 4) is 0 Å². The third-order valence-electron chi connectivity index (χ3n) is 3.52. The molecule has 2 heterocycles. The van der Waals surface area contributed by atoms with Crippen LogP contribution in [0.1, 0.15) is 28.1 Å². The van der Waals surface area contributed by atoms with E-state index in [1.807, 2.05) is 35.7 Å². The number of amides is 1. The van der Waals surface area contributed by atoms with Gasteiger partial charge in [0.15, 0.2) is 5.78 Å². The van der Waals surface area contributed by atoms with Crippen molar-refractivity contribution in [2.24, 2.45) is 0 Å². The van der Waals surface area contributed by atoms with Crippen LogP contribution in [0.4, 0.5) is 5.69 Å². The second-order valence-electron chi connectivity index (χ2n) is 4.86. The van der Waals surface area contributed by atoms with Crippen molar-refractivity contribution in [2.45, 2.75) is 19.3 Å². The van der Waals surface area contributed by atoms with Gasteiger partial charge in [-0.2, -0.15) is 0 Å². The highest BCUT2D eigenvalue weighted by molar-refractivity contribution is 7.12. The highest BCUT2D eigenvalue weighted by atomic mass is 32.1. The number of carbonyl (C=O) groups is 2. The fourth-order valence-corrected chi connectivity index (χ4v) is 3.17. The van der Waals surface area contributed by atoms with Crippen LogP contribution in [0, 0.1) is 0 Å². The van der Waals surface area contributed by atoms with E-state index in [0.29, 0.717) is 11.3 Å². The predicted octanol–water partition coefficient (Wildman–Crippen LogP) is 3.30. The molecule has 3 rings (SSSR count). The molecular formula is C16H15NO2S. The predicted molar refractivity (Wildman–Crippen MR) is 80.4 cm³/mol. The van der Waals surface area contributed by atoms with E-state index < -0.39 is 0 Å². The van der Waals surface area contributed by atoms with E-state index >= 15 is 0 Å². The summed E-state index contributed by atoms with van der Waals surface area (Å²) in [6, 6.07) is 11.5. The number of nitrogens with zero attached hydrogens (tertiary/aromatic N) is 1. The number of ketones is 1. The van der Waals surface area contributed by atoms with E-state index in [1.54, 1.807) is 11.0 Å². The topological polar surface area (TPSA) is 37.4 Å². The first kappa shape index (κ1) is 13.1. The lowest BCUT2D eigenvalue weighted by atomic mass is 10.1. The number of rotatable bonds is 3. The Morgan fingerprint density at radius 1 is 1.15 bits per heavy atom. The van der Waals surface area contributed by atoms with Crippen molar-refractivity contribution in [1.82, 2.24) is 0 Å². The number of carbonyl (C=O) groups excluding carboxylic acids is 2. The molecule has 1 aromatic carbocycles. The van der Waals surface area contributed by atoms with Crippen LogP contribution < -0.4 is 4.90 Å². The molecule has 4 heteroatoms. The summed E-state index contributed by atoms with van der Waals surface area (Å²) < 4.78 is 0. The summed E-state index contributed by atoms with van der Waals surface area (Å²) in [5.74, 6) is 0.0462. The molecule has 0 atom stereocenters. The third-order valence-corrected chi connectivity index (χ3v) is 4.43. The van der Waals surface area contributed by atoms with Crippen molar-refractivity contribution in [1.29, 1.82) is 0 Å². The summed E-state index contributed by atoms with van der Waals surface area (Å²) >= 11 is 1.42. The standard InChI is InChI=1S/C16H15NO2S/c18-14(15-8-4-10-20-15)11-17-13-7-2-1-5-12(13)6-3-9-16(17)19/h1-2,4-5,7-8,10H,3,6,9,11H2. The molecule has 0 fully saturated rings. The molecule has 2 aromatic rings. The first-order chi connectivity index (χ1) is 9.75. The normalized spacial score (nSPS) is 14.8. The zero-order valence-corrected chi connectivity index (χ0v) is 11.9. The monoisotopic (exact) mass is 285 g/mol. The maximum Gasteiger partial charge on any atom is 0.227 e. The molecule has 0 unspecified atom stereocenters. The molecule has 0 spiro atoms. The maximum absolute atomic E-state index is 12.3. The Bertz CT molecular complexity index is 634. The Hall–Kier alpha value is -1.94. The lowest BCUT2D eigenvalue weighted by Crippen LogP contribution is -2.35. The van der Waals surface area contributed by atoms with Gasteiger partial charge in [-0.25, -0.2) is 0 Å². The van der Waals surface area contributed by atoms with E-state index in [4.69, 9.17) is 0 Å². The van der Waals surface area contributed by atoms with Crippen LogP contribution in [-0.4, -0.2) is 18.2 Å². The molecule has 0 aliphatic carbocycles. The van der Waals surface area contributed by atoms with Gasteiger partial charge >= 0.3 is 0 Å². The van der Waals surface area contributed by atoms with Crippen LogP contribution >= 0.6 is 11.3 Å². The van der Waals surface area contributed by atoms with Crippen LogP contribution in [0.5, 0.6) is 0 Å². The summed E-state index contributed by atoms with van der Waals surface area (Å²) in [5.41, 5.74) is 2.04. The fraction of sp³-hybridized carbons (Fsp3) is 0.250. The SMILES string of the molecule is O=C(CN1C(=O)CCCc2ccccc21)c1cccs1. The van der Waals surface area contributed by atoms with E-state index in [0.717, 1.165) is 24.1 Å². The van der Waals surface area contributed by atoms with Crippen LogP contribution in [0.15, 0.2) is 41.8 Å². The highest BCUT2D eigenvalue weighted by Gasteiger charge is 2.24. The number of aryl methyl sites for hydroxylation is 1. The molecule has 0 N–H and O–H groups in total. The minimum absolute atomic E-state index is 0.00468. The number of hydrogen-bond acceptors (Lipinski definition) is 3. The molecular weight excluding hydrogens is 270 g/mol. The van der Waals surface area contributed by atoms with E-state index in [-0.39, 0.29) is 18.2 Å². The van der Waals surface area contributed by atoms with E-state index in [9.17, 15) is 9.59 Å². The highest BCUT2D eigenvalue weighted by Crippen LogP contribution is 2.27. The average Bonchev–Trinajstić information content (AvgIpc) is 2.94. The molecule has 0 saturated carbocycles. The summed E-state index contributed by atoms with van der Waals surface area (Å²) in [5, 5.41) is 1.88. The van der Waals surface area contributed by atoms with Gasteiger partial charge in [0.25, 0.3) is 0 Å². The number of thiophene rings is 1. The van der Waals surface area contributed by atoms with Gasteiger partial charge in [0.1, 0.15) is 0 Å². The Morgan fingerprint density at radius 3 is 2.80 bits per heavy atom. The molecule has 0 bridgehead atoms. The number of benzene rings is 1. The second-order valence-corrected chi connectivity index (χ2v) is 5.81. The van der Waals surface area contributed by atoms with Crippen LogP contribution in [0.3, 0.4) is 0 Å². The summed E-state index contributed by atoms with van der Waals surface area (Å²) in [7, 11) is 0. The van der Waals surface area contributed by atoms with Gasteiger partial charge in [0.05, 0.1) is 11.4 Å². The minimum Gasteiger partial charge on any atom is -0.304 e. The Morgan fingerprint density at radius 2 is 2.00 bits per heavy atom. The van der Waals surface area contributed by atoms with E-state index in [2.05, 4.69) is 0 Å². The van der Waals surface area contributed by atoms with Crippen molar-refractivity contribution in [3.63, 3.8) is 0 Å². The van der Waals surface area contributed by atoms with Gasteiger partial charge in [-0.05, 0) is 35.9 Å². The van der Waals surface area contributed by atoms with Crippen LogP contribution in [0.2, 0.25) is 0 Å². The maximum atomic E-state index is 12.3. The van der Waals surface area contributed by atoms with Crippen molar-refractivity contribution in [3.05, 3.63) is 52.2 Å². The smallest absolute Gasteiger partial charge is 0.227 e. The number of hydrogen-bond donors (Lipinski definition) is 0. The molecule has 3 nitrogen and oxygen atoms in total. The van der Waals surface area contributed by atoms with Crippen molar-refractivity contribution in [2.75, 3.05) is 11.4 Å². The second kappa shape index (κ2) is 5.59. The van der Waals surface area contributed by atoms with Gasteiger partial charge in [-0.1, -0.05) is 24.3 Å². The Labute approximate surface area is 121 Å². The number of fused-ring (bicyclic) bond motifs is 1. The molecule has 102 valence electrons. The number of anilines is 1. The lowest BCUT2D eigenvalue weighted by Gasteiger charge is -2.22. The molecule has 1 aliphatic heterocycles. The lowest BCUT2D eigenvalue weighted by molar-refractivity contribution is -0.118. The largest absolute Gasteiger partial charge is 0.304 e. The summed E-state index contributed by atoms with van der Waals surface area (Å²) in [6.07, 6.45) is 2.25. The number of para-hydroxylation sites is 1. The fourth-order valence-electron chi connectivity index (χ4n) is 2.52. The quantitative estimate of drug-likeness (QED) is 0.811. The Kier molecular flexibility index (Phi) is 3.65. The van der Waals surface area contributed by atoms with Gasteiger partial charge in [0.2, 0.25) is 5.91 Å². The van der Waals surface area contributed by atoms with Crippen molar-refractivity contribution < 1.29 is 9.59 Å². The summed E-state index contributed by atoms with van der Waals surface area (Å²) in [6.45, 7) is 0.135. The molecule has 1 amide bonds. The Balaban J connectivity index is 1.90. The van der Waals surface area contributed by atoms with Gasteiger partial charge in [-0.15, -0.1) is 11.3 Å². The minimum atomic E-state index is 0.00468. The zero-order chi connectivity index (χ0) is 13.9. The first-order valence-electron chi connectivity index (χ1n) is 6.70. The first-order valence-corrected chi connectivity index (χ1v) is 7.58. The van der Waals surface area contributed by atoms with Crippen LogP contribution in [-0.2, 0) is 11.2 Å². The third kappa shape index (κ3) is 2.51. The van der Waals surface area contributed by atoms with Gasteiger partial charge < -0.3 is 4.90 Å². The van der Waals surface area contributed by atoms with Crippen molar-refractivity contribution >= 4 is 28.7 Å².